The van der Waals surface area contributed by atoms with Crippen molar-refractivity contribution in [3.63, 3.8) is 0 Å². The molecule has 0 fully saturated rings. The number of nitrogens with zero attached hydrogens (tertiary/aromatic N) is 5. The first-order chi connectivity index (χ1) is 13.5. The number of anilines is 1. The van der Waals surface area contributed by atoms with Crippen molar-refractivity contribution >= 4 is 17.2 Å². The summed E-state index contributed by atoms with van der Waals surface area (Å²) < 4.78 is 43.6. The van der Waals surface area contributed by atoms with Crippen molar-refractivity contribution in [2.24, 2.45) is 0 Å². The Labute approximate surface area is 163 Å². The summed E-state index contributed by atoms with van der Waals surface area (Å²) in [5, 5.41) is 1.89. The first kappa shape index (κ1) is 18.6. The molecule has 146 valence electrons. The van der Waals surface area contributed by atoms with Crippen molar-refractivity contribution in [3.05, 3.63) is 46.4 Å². The molecule has 0 N–H and O–H groups in total. The Bertz CT molecular complexity index is 970. The predicted octanol–water partition coefficient (Wildman–Crippen LogP) is 3.90. The summed E-state index contributed by atoms with van der Waals surface area (Å²) in [5.41, 5.74) is 4.28. The Morgan fingerprint density at radius 2 is 2.14 bits per heavy atom. The van der Waals surface area contributed by atoms with E-state index in [1.54, 1.807) is 11.7 Å². The lowest BCUT2D eigenvalue weighted by molar-refractivity contribution is 0.0816. The monoisotopic (exact) mass is 407 g/mol. The maximum Gasteiger partial charge on any atom is 0.272 e. The minimum Gasteiger partial charge on any atom is -0.487 e. The highest BCUT2D eigenvalue weighted by atomic mass is 32.1. The van der Waals surface area contributed by atoms with E-state index in [1.807, 2.05) is 17.2 Å². The second-order valence-electron chi connectivity index (χ2n) is 6.27. The highest BCUT2D eigenvalue weighted by Crippen LogP contribution is 2.33. The van der Waals surface area contributed by atoms with Gasteiger partial charge >= 0.3 is 0 Å². The van der Waals surface area contributed by atoms with Crippen molar-refractivity contribution in [3.8, 4) is 17.3 Å². The van der Waals surface area contributed by atoms with Crippen molar-refractivity contribution in [1.82, 2.24) is 19.9 Å². The molecule has 0 saturated carbocycles. The fourth-order valence-electron chi connectivity index (χ4n) is 3.17. The van der Waals surface area contributed by atoms with Crippen molar-refractivity contribution in [2.75, 3.05) is 18.1 Å². The molecule has 3 aromatic rings. The van der Waals surface area contributed by atoms with Crippen LogP contribution < -0.4 is 9.64 Å². The van der Waals surface area contributed by atoms with Gasteiger partial charge in [-0.1, -0.05) is 0 Å². The zero-order valence-electron chi connectivity index (χ0n) is 14.8. The Morgan fingerprint density at radius 3 is 2.89 bits per heavy atom. The molecule has 0 amide bonds. The first-order valence-corrected chi connectivity index (χ1v) is 9.55. The summed E-state index contributed by atoms with van der Waals surface area (Å²) in [6.45, 7) is 1.69. The number of alkyl halides is 2. The zero-order valence-corrected chi connectivity index (χ0v) is 15.7. The topological polar surface area (TPSA) is 64.0 Å². The van der Waals surface area contributed by atoms with Gasteiger partial charge in [-0.3, -0.25) is 0 Å². The number of ether oxygens (including phenoxy) is 1. The fourth-order valence-corrected chi connectivity index (χ4v) is 3.70. The quantitative estimate of drug-likeness (QED) is 0.598. The molecule has 0 bridgehead atoms. The molecule has 0 saturated heterocycles. The van der Waals surface area contributed by atoms with E-state index in [-0.39, 0.29) is 11.8 Å². The summed E-state index contributed by atoms with van der Waals surface area (Å²) in [7, 11) is 0. The van der Waals surface area contributed by atoms with Crippen LogP contribution in [0.5, 0.6) is 5.75 Å². The van der Waals surface area contributed by atoms with E-state index in [4.69, 9.17) is 4.74 Å². The second-order valence-corrected chi connectivity index (χ2v) is 6.99. The summed E-state index contributed by atoms with van der Waals surface area (Å²) >= 11 is 1.48. The molecule has 1 aliphatic heterocycles. The smallest absolute Gasteiger partial charge is 0.272 e. The molecule has 4 rings (SSSR count). The van der Waals surface area contributed by atoms with Gasteiger partial charge in [-0.2, -0.15) is 4.39 Å². The van der Waals surface area contributed by atoms with Gasteiger partial charge in [0.15, 0.2) is 5.82 Å². The highest BCUT2D eigenvalue weighted by molar-refractivity contribution is 7.07. The van der Waals surface area contributed by atoms with E-state index in [1.165, 1.54) is 17.4 Å². The normalized spacial score (nSPS) is 16.3. The van der Waals surface area contributed by atoms with Gasteiger partial charge in [0.2, 0.25) is 5.95 Å². The van der Waals surface area contributed by atoms with Crippen LogP contribution in [-0.2, 0) is 6.42 Å². The van der Waals surface area contributed by atoms with E-state index < -0.39 is 19.0 Å². The van der Waals surface area contributed by atoms with E-state index in [0.29, 0.717) is 24.6 Å². The van der Waals surface area contributed by atoms with E-state index in [9.17, 15) is 13.2 Å². The number of thiazole rings is 1. The summed E-state index contributed by atoms with van der Waals surface area (Å²) in [6, 6.07) is 2.31. The van der Waals surface area contributed by atoms with Gasteiger partial charge in [-0.15, -0.1) is 11.3 Å². The van der Waals surface area contributed by atoms with Gasteiger partial charge in [-0.25, -0.2) is 28.7 Å². The van der Waals surface area contributed by atoms with Crippen LogP contribution in [0.4, 0.5) is 19.0 Å². The SMILES string of the molecule is CC1c2cnc(-c3cscn3)nc2CCN1c1cc(OCC(F)F)cc(F)n1. The molecule has 4 heterocycles. The lowest BCUT2D eigenvalue weighted by Gasteiger charge is -2.35. The minimum atomic E-state index is -2.63. The van der Waals surface area contributed by atoms with Gasteiger partial charge in [0, 0.05) is 42.2 Å². The number of aromatic nitrogens is 4. The van der Waals surface area contributed by atoms with Crippen LogP contribution in [0.3, 0.4) is 0 Å². The molecule has 6 nitrogen and oxygen atoms in total. The minimum absolute atomic E-state index is 0.0240. The number of rotatable bonds is 5. The largest absolute Gasteiger partial charge is 0.487 e. The molecule has 28 heavy (non-hydrogen) atoms. The average Bonchev–Trinajstić information content (AvgIpc) is 3.21. The molecule has 1 aliphatic rings. The predicted molar refractivity (Wildman–Crippen MR) is 98.3 cm³/mol. The average molecular weight is 407 g/mol. The van der Waals surface area contributed by atoms with Gasteiger partial charge < -0.3 is 9.64 Å². The van der Waals surface area contributed by atoms with Crippen LogP contribution in [0.25, 0.3) is 11.5 Å². The van der Waals surface area contributed by atoms with Crippen LogP contribution in [0, 0.1) is 5.95 Å². The number of pyridine rings is 1. The maximum atomic E-state index is 13.9. The van der Waals surface area contributed by atoms with Crippen LogP contribution in [0.15, 0.2) is 29.2 Å². The van der Waals surface area contributed by atoms with Gasteiger partial charge in [0.25, 0.3) is 6.43 Å². The van der Waals surface area contributed by atoms with Crippen LogP contribution in [0.2, 0.25) is 0 Å². The highest BCUT2D eigenvalue weighted by Gasteiger charge is 2.27. The second kappa shape index (κ2) is 7.70. The number of hydrogen-bond donors (Lipinski definition) is 0. The van der Waals surface area contributed by atoms with Gasteiger partial charge in [-0.05, 0) is 6.92 Å². The molecule has 1 unspecified atom stereocenters. The van der Waals surface area contributed by atoms with Gasteiger partial charge in [0.1, 0.15) is 23.9 Å². The maximum absolute atomic E-state index is 13.9. The number of halogens is 3. The molecule has 0 radical (unpaired) electrons. The molecule has 0 aliphatic carbocycles. The third-order valence-electron chi connectivity index (χ3n) is 4.49. The van der Waals surface area contributed by atoms with Crippen LogP contribution >= 0.6 is 11.3 Å². The van der Waals surface area contributed by atoms with Crippen LogP contribution in [0.1, 0.15) is 24.2 Å². The van der Waals surface area contributed by atoms with E-state index in [0.717, 1.165) is 23.0 Å². The molecule has 0 aromatic carbocycles. The summed E-state index contributed by atoms with van der Waals surface area (Å²) in [4.78, 5) is 19.0. The first-order valence-electron chi connectivity index (χ1n) is 8.61. The Kier molecular flexibility index (Phi) is 5.12. The molecule has 3 aromatic heterocycles. The standard InChI is InChI=1S/C18H16F3N5OS/c1-10-12-6-22-18(14-8-28-9-23-14)24-13(12)2-3-26(10)17-5-11(4-16(21)25-17)27-7-15(19)20/h4-6,8-10,15H,2-3,7H2,1H3. The number of fused-ring (bicyclic) bond motifs is 1. The Balaban J connectivity index is 1.60. The molecule has 1 atom stereocenters. The fraction of sp³-hybridized carbons (Fsp3) is 0.333. The molecule has 0 spiro atoms. The lowest BCUT2D eigenvalue weighted by Crippen LogP contribution is -2.35. The Morgan fingerprint density at radius 1 is 1.29 bits per heavy atom. The molecule has 10 heteroatoms. The van der Waals surface area contributed by atoms with E-state index in [2.05, 4.69) is 19.9 Å². The number of hydrogen-bond acceptors (Lipinski definition) is 7. The molecular weight excluding hydrogens is 391 g/mol. The van der Waals surface area contributed by atoms with Crippen LogP contribution in [-0.4, -0.2) is 39.5 Å². The van der Waals surface area contributed by atoms with Crippen molar-refractivity contribution in [2.45, 2.75) is 25.8 Å². The summed E-state index contributed by atoms with van der Waals surface area (Å²) in [6.07, 6.45) is -0.268. The van der Waals surface area contributed by atoms with E-state index >= 15 is 0 Å². The lowest BCUT2D eigenvalue weighted by atomic mass is 9.99. The van der Waals surface area contributed by atoms with Gasteiger partial charge in [0.05, 0.1) is 17.2 Å². The Hall–Kier alpha value is -2.75. The van der Waals surface area contributed by atoms with Crippen molar-refractivity contribution < 1.29 is 17.9 Å². The third kappa shape index (κ3) is 3.77. The third-order valence-corrected chi connectivity index (χ3v) is 5.08. The molecular formula is C18H16F3N5OS. The summed E-state index contributed by atoms with van der Waals surface area (Å²) in [5.74, 6) is 0.143. The van der Waals surface area contributed by atoms with Crippen molar-refractivity contribution in [1.29, 1.82) is 0 Å². The zero-order chi connectivity index (χ0) is 19.7.